The van der Waals surface area contributed by atoms with Gasteiger partial charge in [0.1, 0.15) is 11.7 Å². The second-order valence-electron chi connectivity index (χ2n) is 7.03. The van der Waals surface area contributed by atoms with Crippen LogP contribution in [-0.4, -0.2) is 55.0 Å². The molecule has 1 saturated heterocycles. The van der Waals surface area contributed by atoms with Gasteiger partial charge in [0.15, 0.2) is 0 Å². The Morgan fingerprint density at radius 1 is 1.27 bits per heavy atom. The predicted molar refractivity (Wildman–Crippen MR) is 95.3 cm³/mol. The summed E-state index contributed by atoms with van der Waals surface area (Å²) in [6.45, 7) is 7.54. The Balaban J connectivity index is 1.64. The Morgan fingerprint density at radius 3 is 2.65 bits per heavy atom. The monoisotopic (exact) mass is 365 g/mol. The first-order chi connectivity index (χ1) is 12.3. The van der Waals surface area contributed by atoms with Gasteiger partial charge in [-0.1, -0.05) is 0 Å². The molecule has 2 amide bonds. The van der Waals surface area contributed by atoms with E-state index in [1.54, 1.807) is 32.9 Å². The molecule has 1 fully saturated rings. The van der Waals surface area contributed by atoms with Crippen LogP contribution < -0.4 is 15.4 Å². The van der Waals surface area contributed by atoms with Crippen LogP contribution in [0.3, 0.4) is 0 Å². The number of carbonyl (C=O) groups is 2. The van der Waals surface area contributed by atoms with Crippen molar-refractivity contribution in [1.82, 2.24) is 15.6 Å². The molecular weight excluding hydrogens is 338 g/mol. The number of nitrogens with zero attached hydrogens (tertiary/aromatic N) is 1. The highest BCUT2D eigenvalue weighted by Gasteiger charge is 2.18. The third-order valence-electron chi connectivity index (χ3n) is 3.48. The molecule has 8 heteroatoms. The Kier molecular flexibility index (Phi) is 7.20. The highest BCUT2D eigenvalue weighted by atomic mass is 16.6. The van der Waals surface area contributed by atoms with E-state index in [4.69, 9.17) is 14.2 Å². The van der Waals surface area contributed by atoms with E-state index in [-0.39, 0.29) is 12.0 Å². The SMILES string of the molecule is CC(C)(C)OC(=O)NCCCNC(=O)c1ccc(O[C@@H]2CCOC2)nc1. The van der Waals surface area contributed by atoms with Crippen LogP contribution in [0.2, 0.25) is 0 Å². The van der Waals surface area contributed by atoms with Crippen molar-refractivity contribution in [1.29, 1.82) is 0 Å². The minimum absolute atomic E-state index is 0.0275. The third-order valence-corrected chi connectivity index (χ3v) is 3.48. The zero-order valence-corrected chi connectivity index (χ0v) is 15.5. The van der Waals surface area contributed by atoms with E-state index < -0.39 is 11.7 Å². The molecule has 0 bridgehead atoms. The molecule has 0 unspecified atom stereocenters. The van der Waals surface area contributed by atoms with Gasteiger partial charge in [-0.15, -0.1) is 0 Å². The number of hydrogen-bond donors (Lipinski definition) is 2. The number of pyridine rings is 1. The van der Waals surface area contributed by atoms with Gasteiger partial charge in [0.25, 0.3) is 5.91 Å². The van der Waals surface area contributed by atoms with Crippen molar-refractivity contribution in [3.8, 4) is 5.88 Å². The molecule has 2 rings (SSSR count). The molecule has 144 valence electrons. The number of carbonyl (C=O) groups excluding carboxylic acids is 2. The molecule has 0 radical (unpaired) electrons. The van der Waals surface area contributed by atoms with E-state index in [0.717, 1.165) is 6.42 Å². The molecule has 1 aromatic rings. The number of amides is 2. The fraction of sp³-hybridized carbons (Fsp3) is 0.611. The van der Waals surface area contributed by atoms with E-state index in [9.17, 15) is 9.59 Å². The van der Waals surface area contributed by atoms with Crippen molar-refractivity contribution in [3.63, 3.8) is 0 Å². The minimum atomic E-state index is -0.522. The molecule has 8 nitrogen and oxygen atoms in total. The second kappa shape index (κ2) is 9.38. The van der Waals surface area contributed by atoms with Gasteiger partial charge in [0, 0.05) is 31.8 Å². The van der Waals surface area contributed by atoms with E-state index in [2.05, 4.69) is 15.6 Å². The van der Waals surface area contributed by atoms with Gasteiger partial charge in [-0.25, -0.2) is 9.78 Å². The lowest BCUT2D eigenvalue weighted by Crippen LogP contribution is -2.34. The zero-order valence-electron chi connectivity index (χ0n) is 15.5. The van der Waals surface area contributed by atoms with Crippen LogP contribution in [0.15, 0.2) is 18.3 Å². The highest BCUT2D eigenvalue weighted by Crippen LogP contribution is 2.14. The van der Waals surface area contributed by atoms with Gasteiger partial charge in [0.2, 0.25) is 5.88 Å². The first-order valence-corrected chi connectivity index (χ1v) is 8.79. The quantitative estimate of drug-likeness (QED) is 0.716. The lowest BCUT2D eigenvalue weighted by atomic mass is 10.2. The summed E-state index contributed by atoms with van der Waals surface area (Å²) < 4.78 is 16.0. The van der Waals surface area contributed by atoms with Gasteiger partial charge < -0.3 is 24.8 Å². The van der Waals surface area contributed by atoms with Crippen LogP contribution in [0, 0.1) is 0 Å². The Morgan fingerprint density at radius 2 is 2.04 bits per heavy atom. The molecule has 26 heavy (non-hydrogen) atoms. The number of alkyl carbamates (subject to hydrolysis) is 1. The summed E-state index contributed by atoms with van der Waals surface area (Å²) in [4.78, 5) is 27.7. The van der Waals surface area contributed by atoms with Crippen molar-refractivity contribution in [2.75, 3.05) is 26.3 Å². The first kappa shape index (κ1) is 20.0. The maximum atomic E-state index is 12.1. The molecule has 1 aromatic heterocycles. The summed E-state index contributed by atoms with van der Waals surface area (Å²) in [7, 11) is 0. The number of rotatable bonds is 7. The predicted octanol–water partition coefficient (Wildman–Crippen LogP) is 1.89. The molecule has 1 aliphatic rings. The molecule has 2 N–H and O–H groups in total. The van der Waals surface area contributed by atoms with Gasteiger partial charge in [-0.2, -0.15) is 0 Å². The maximum absolute atomic E-state index is 12.1. The summed E-state index contributed by atoms with van der Waals surface area (Å²) >= 11 is 0. The second-order valence-corrected chi connectivity index (χ2v) is 7.03. The number of ether oxygens (including phenoxy) is 3. The minimum Gasteiger partial charge on any atom is -0.472 e. The van der Waals surface area contributed by atoms with Crippen molar-refractivity contribution < 1.29 is 23.8 Å². The van der Waals surface area contributed by atoms with Gasteiger partial charge in [-0.3, -0.25) is 4.79 Å². The zero-order chi connectivity index (χ0) is 19.0. The fourth-order valence-electron chi connectivity index (χ4n) is 2.26. The number of aromatic nitrogens is 1. The largest absolute Gasteiger partial charge is 0.472 e. The lowest BCUT2D eigenvalue weighted by Gasteiger charge is -2.19. The van der Waals surface area contributed by atoms with Crippen molar-refractivity contribution in [2.45, 2.75) is 45.3 Å². The average molecular weight is 365 g/mol. The standard InChI is InChI=1S/C18H27N3O5/c1-18(2,3)26-17(23)20-9-4-8-19-16(22)13-5-6-15(21-11-13)25-14-7-10-24-12-14/h5-6,11,14H,4,7-10,12H2,1-3H3,(H,19,22)(H,20,23)/t14-/m1/s1. The molecule has 0 aliphatic carbocycles. The van der Waals surface area contributed by atoms with Crippen LogP contribution in [0.5, 0.6) is 5.88 Å². The summed E-state index contributed by atoms with van der Waals surface area (Å²) in [6.07, 6.45) is 2.50. The summed E-state index contributed by atoms with van der Waals surface area (Å²) in [5.74, 6) is 0.268. The van der Waals surface area contributed by atoms with Crippen molar-refractivity contribution >= 4 is 12.0 Å². The molecular formula is C18H27N3O5. The Bertz CT molecular complexity index is 592. The molecule has 1 aliphatic heterocycles. The van der Waals surface area contributed by atoms with E-state index in [0.29, 0.717) is 44.2 Å². The van der Waals surface area contributed by atoms with Crippen LogP contribution in [0.25, 0.3) is 0 Å². The summed E-state index contributed by atoms with van der Waals surface area (Å²) in [5, 5.41) is 5.42. The maximum Gasteiger partial charge on any atom is 0.407 e. The van der Waals surface area contributed by atoms with Gasteiger partial charge in [0.05, 0.1) is 18.8 Å². The van der Waals surface area contributed by atoms with Gasteiger partial charge >= 0.3 is 6.09 Å². The summed E-state index contributed by atoms with van der Waals surface area (Å²) in [6, 6.07) is 3.35. The van der Waals surface area contributed by atoms with Crippen LogP contribution in [-0.2, 0) is 9.47 Å². The van der Waals surface area contributed by atoms with Crippen molar-refractivity contribution in [2.24, 2.45) is 0 Å². The molecule has 1 atom stereocenters. The fourth-order valence-corrected chi connectivity index (χ4v) is 2.26. The number of nitrogens with one attached hydrogen (secondary N) is 2. The van der Waals surface area contributed by atoms with Gasteiger partial charge in [-0.05, 0) is 33.3 Å². The molecule has 2 heterocycles. The normalized spacial score (nSPS) is 16.8. The summed E-state index contributed by atoms with van der Waals surface area (Å²) in [5.41, 5.74) is -0.0634. The van der Waals surface area contributed by atoms with Crippen LogP contribution in [0.1, 0.15) is 44.0 Å². The smallest absolute Gasteiger partial charge is 0.407 e. The van der Waals surface area contributed by atoms with Crippen LogP contribution in [0.4, 0.5) is 4.79 Å². The first-order valence-electron chi connectivity index (χ1n) is 8.79. The Hall–Kier alpha value is -2.35. The molecule has 0 saturated carbocycles. The van der Waals surface area contributed by atoms with E-state index >= 15 is 0 Å². The highest BCUT2D eigenvalue weighted by molar-refractivity contribution is 5.93. The Labute approximate surface area is 153 Å². The number of hydrogen-bond acceptors (Lipinski definition) is 6. The van der Waals surface area contributed by atoms with Crippen molar-refractivity contribution in [3.05, 3.63) is 23.9 Å². The average Bonchev–Trinajstić information content (AvgIpc) is 3.06. The lowest BCUT2D eigenvalue weighted by molar-refractivity contribution is 0.0527. The third kappa shape index (κ3) is 7.26. The van der Waals surface area contributed by atoms with Crippen LogP contribution >= 0.6 is 0 Å². The molecule has 0 aromatic carbocycles. The van der Waals surface area contributed by atoms with E-state index in [1.807, 2.05) is 0 Å². The van der Waals surface area contributed by atoms with E-state index in [1.165, 1.54) is 6.20 Å². The topological polar surface area (TPSA) is 98.8 Å². The molecule has 0 spiro atoms.